The van der Waals surface area contributed by atoms with Crippen molar-refractivity contribution >= 4 is 17.3 Å². The van der Waals surface area contributed by atoms with E-state index >= 15 is 0 Å². The third-order valence-electron chi connectivity index (χ3n) is 3.43. The van der Waals surface area contributed by atoms with E-state index in [1.54, 1.807) is 31.4 Å². The van der Waals surface area contributed by atoms with Crippen molar-refractivity contribution in [3.63, 3.8) is 0 Å². The summed E-state index contributed by atoms with van der Waals surface area (Å²) in [5, 5.41) is 9.78. The second-order valence-corrected chi connectivity index (χ2v) is 6.36. The topological polar surface area (TPSA) is 49.3 Å². The van der Waals surface area contributed by atoms with Crippen LogP contribution in [0.5, 0.6) is 0 Å². The van der Waals surface area contributed by atoms with Crippen molar-refractivity contribution in [3.8, 4) is 0 Å². The normalized spacial score (nSPS) is 11.6. The molecular formula is C17H23FN4S. The molecule has 1 heterocycles. The molecule has 2 rings (SSSR count). The summed E-state index contributed by atoms with van der Waals surface area (Å²) in [5.74, 6) is 0.580. The summed E-state index contributed by atoms with van der Waals surface area (Å²) in [4.78, 5) is 8.65. The Morgan fingerprint density at radius 1 is 1.30 bits per heavy atom. The quantitative estimate of drug-likeness (QED) is 0.484. The van der Waals surface area contributed by atoms with Gasteiger partial charge in [0.2, 0.25) is 0 Å². The SMILES string of the molecule is CN=C(NCCCc1nc(C)cs1)NCc1ccc(F)c(C)c1. The average Bonchev–Trinajstić information content (AvgIpc) is 2.95. The predicted molar refractivity (Wildman–Crippen MR) is 94.5 cm³/mol. The van der Waals surface area contributed by atoms with Crippen LogP contribution in [0, 0.1) is 19.7 Å². The van der Waals surface area contributed by atoms with Gasteiger partial charge < -0.3 is 10.6 Å². The largest absolute Gasteiger partial charge is 0.356 e. The molecule has 1 aromatic carbocycles. The summed E-state index contributed by atoms with van der Waals surface area (Å²) < 4.78 is 13.2. The maximum atomic E-state index is 13.2. The summed E-state index contributed by atoms with van der Waals surface area (Å²) in [7, 11) is 1.75. The van der Waals surface area contributed by atoms with Crippen LogP contribution in [-0.2, 0) is 13.0 Å². The van der Waals surface area contributed by atoms with E-state index < -0.39 is 0 Å². The second kappa shape index (κ2) is 8.62. The molecule has 0 atom stereocenters. The van der Waals surface area contributed by atoms with Crippen LogP contribution in [0.15, 0.2) is 28.6 Å². The zero-order chi connectivity index (χ0) is 16.7. The van der Waals surface area contributed by atoms with Gasteiger partial charge >= 0.3 is 0 Å². The van der Waals surface area contributed by atoms with Gasteiger partial charge in [-0.3, -0.25) is 4.99 Å². The Kier molecular flexibility index (Phi) is 6.52. The highest BCUT2D eigenvalue weighted by Gasteiger charge is 2.02. The summed E-state index contributed by atoms with van der Waals surface area (Å²) in [6.45, 7) is 5.24. The fraction of sp³-hybridized carbons (Fsp3) is 0.412. The van der Waals surface area contributed by atoms with Gasteiger partial charge in [-0.05, 0) is 37.5 Å². The van der Waals surface area contributed by atoms with Crippen molar-refractivity contribution in [2.45, 2.75) is 33.2 Å². The van der Waals surface area contributed by atoms with Gasteiger partial charge in [-0.25, -0.2) is 9.37 Å². The number of aliphatic imine (C=N–C) groups is 1. The first-order valence-corrected chi connectivity index (χ1v) is 8.57. The third-order valence-corrected chi connectivity index (χ3v) is 4.46. The van der Waals surface area contributed by atoms with E-state index in [0.717, 1.165) is 36.6 Å². The zero-order valence-corrected chi connectivity index (χ0v) is 14.6. The molecule has 0 unspecified atom stereocenters. The minimum Gasteiger partial charge on any atom is -0.356 e. The molecule has 4 nitrogen and oxygen atoms in total. The summed E-state index contributed by atoms with van der Waals surface area (Å²) >= 11 is 1.71. The van der Waals surface area contributed by atoms with Crippen molar-refractivity contribution in [1.29, 1.82) is 0 Å². The number of guanidine groups is 1. The van der Waals surface area contributed by atoms with E-state index in [4.69, 9.17) is 0 Å². The van der Waals surface area contributed by atoms with Gasteiger partial charge in [-0.15, -0.1) is 11.3 Å². The number of hydrogen-bond acceptors (Lipinski definition) is 3. The van der Waals surface area contributed by atoms with Crippen LogP contribution in [0.25, 0.3) is 0 Å². The van der Waals surface area contributed by atoms with Crippen molar-refractivity contribution in [1.82, 2.24) is 15.6 Å². The number of aromatic nitrogens is 1. The lowest BCUT2D eigenvalue weighted by Gasteiger charge is -2.12. The smallest absolute Gasteiger partial charge is 0.191 e. The predicted octanol–water partition coefficient (Wildman–Crippen LogP) is 3.20. The molecule has 0 radical (unpaired) electrons. The highest BCUT2D eigenvalue weighted by molar-refractivity contribution is 7.09. The third kappa shape index (κ3) is 5.63. The lowest BCUT2D eigenvalue weighted by atomic mass is 10.1. The number of nitrogens with one attached hydrogen (secondary N) is 2. The van der Waals surface area contributed by atoms with E-state index in [-0.39, 0.29) is 5.82 Å². The number of hydrogen-bond donors (Lipinski definition) is 2. The monoisotopic (exact) mass is 334 g/mol. The van der Waals surface area contributed by atoms with Crippen molar-refractivity contribution in [2.75, 3.05) is 13.6 Å². The fourth-order valence-electron chi connectivity index (χ4n) is 2.19. The molecule has 2 N–H and O–H groups in total. The van der Waals surface area contributed by atoms with Gasteiger partial charge in [-0.2, -0.15) is 0 Å². The molecule has 0 saturated heterocycles. The standard InChI is InChI=1S/C17H23FN4S/c1-12-9-14(6-7-15(12)18)10-21-17(19-3)20-8-4-5-16-22-13(2)11-23-16/h6-7,9,11H,4-5,8,10H2,1-3H3,(H2,19,20,21). The Morgan fingerprint density at radius 2 is 2.13 bits per heavy atom. The van der Waals surface area contributed by atoms with E-state index in [0.29, 0.717) is 12.1 Å². The van der Waals surface area contributed by atoms with Crippen LogP contribution in [0.1, 0.15) is 28.2 Å². The average molecular weight is 334 g/mol. The number of rotatable bonds is 6. The molecule has 2 aromatic rings. The van der Waals surface area contributed by atoms with Gasteiger partial charge in [0.15, 0.2) is 5.96 Å². The Hall–Kier alpha value is -1.95. The Morgan fingerprint density at radius 3 is 2.78 bits per heavy atom. The van der Waals surface area contributed by atoms with E-state index in [1.165, 1.54) is 11.1 Å². The number of nitrogens with zero attached hydrogens (tertiary/aromatic N) is 2. The molecule has 1 aromatic heterocycles. The van der Waals surface area contributed by atoms with Gasteiger partial charge in [0, 0.05) is 37.6 Å². The Labute approximate surface area is 140 Å². The molecule has 124 valence electrons. The zero-order valence-electron chi connectivity index (χ0n) is 13.8. The minimum atomic E-state index is -0.173. The first-order chi connectivity index (χ1) is 11.1. The number of thiazole rings is 1. The van der Waals surface area contributed by atoms with Crippen LogP contribution < -0.4 is 10.6 Å². The first-order valence-electron chi connectivity index (χ1n) is 7.69. The molecule has 0 spiro atoms. The fourth-order valence-corrected chi connectivity index (χ4v) is 3.01. The number of aryl methyl sites for hydroxylation is 3. The van der Waals surface area contributed by atoms with Crippen LogP contribution in [0.2, 0.25) is 0 Å². The van der Waals surface area contributed by atoms with Crippen LogP contribution in [0.3, 0.4) is 0 Å². The molecular weight excluding hydrogens is 311 g/mol. The summed E-state index contributed by atoms with van der Waals surface area (Å²) in [6, 6.07) is 5.13. The van der Waals surface area contributed by atoms with E-state index in [2.05, 4.69) is 26.0 Å². The number of halogens is 1. The molecule has 6 heteroatoms. The van der Waals surface area contributed by atoms with Gasteiger partial charge in [-0.1, -0.05) is 12.1 Å². The number of benzene rings is 1. The Bertz CT molecular complexity index is 666. The molecule has 0 aliphatic rings. The maximum Gasteiger partial charge on any atom is 0.191 e. The maximum absolute atomic E-state index is 13.2. The Balaban J connectivity index is 1.71. The minimum absolute atomic E-state index is 0.173. The van der Waals surface area contributed by atoms with Gasteiger partial charge in [0.1, 0.15) is 5.82 Å². The van der Waals surface area contributed by atoms with Gasteiger partial charge in [0.25, 0.3) is 0 Å². The van der Waals surface area contributed by atoms with Crippen molar-refractivity contribution in [3.05, 3.63) is 51.2 Å². The van der Waals surface area contributed by atoms with Gasteiger partial charge in [0.05, 0.1) is 5.01 Å². The molecule has 0 bridgehead atoms. The lowest BCUT2D eigenvalue weighted by molar-refractivity contribution is 0.617. The lowest BCUT2D eigenvalue weighted by Crippen LogP contribution is -2.37. The molecule has 23 heavy (non-hydrogen) atoms. The van der Waals surface area contributed by atoms with Crippen molar-refractivity contribution in [2.24, 2.45) is 4.99 Å². The first kappa shape index (κ1) is 17.4. The van der Waals surface area contributed by atoms with Crippen LogP contribution in [-0.4, -0.2) is 24.5 Å². The molecule has 0 fully saturated rings. The molecule has 0 aliphatic carbocycles. The molecule has 0 saturated carbocycles. The van der Waals surface area contributed by atoms with Crippen LogP contribution >= 0.6 is 11.3 Å². The molecule has 0 amide bonds. The van der Waals surface area contributed by atoms with E-state index in [9.17, 15) is 4.39 Å². The summed E-state index contributed by atoms with van der Waals surface area (Å²) in [5.41, 5.74) is 2.78. The molecule has 0 aliphatic heterocycles. The summed E-state index contributed by atoms with van der Waals surface area (Å²) in [6.07, 6.45) is 1.98. The highest BCUT2D eigenvalue weighted by atomic mass is 32.1. The highest BCUT2D eigenvalue weighted by Crippen LogP contribution is 2.10. The van der Waals surface area contributed by atoms with Crippen molar-refractivity contribution < 1.29 is 4.39 Å². The second-order valence-electron chi connectivity index (χ2n) is 5.42. The van der Waals surface area contributed by atoms with Crippen LogP contribution in [0.4, 0.5) is 4.39 Å². The van der Waals surface area contributed by atoms with E-state index in [1.807, 2.05) is 13.0 Å².